The van der Waals surface area contributed by atoms with Crippen LogP contribution in [0.5, 0.6) is 0 Å². The summed E-state index contributed by atoms with van der Waals surface area (Å²) in [6, 6.07) is 22.5. The number of amides is 2. The van der Waals surface area contributed by atoms with E-state index in [1.165, 1.54) is 0 Å². The maximum absolute atomic E-state index is 12.8. The van der Waals surface area contributed by atoms with Crippen LogP contribution in [0.3, 0.4) is 0 Å². The van der Waals surface area contributed by atoms with Crippen LogP contribution in [-0.4, -0.2) is 21.2 Å². The zero-order valence-electron chi connectivity index (χ0n) is 15.9. The highest BCUT2D eigenvalue weighted by atomic mass is 16.2. The fraction of sp³-hybridized carbons (Fsp3) is 0.0870. The number of nitrogens with one attached hydrogen (secondary N) is 2. The van der Waals surface area contributed by atoms with E-state index in [0.717, 1.165) is 11.1 Å². The van der Waals surface area contributed by atoms with Gasteiger partial charge in [0.05, 0.1) is 5.52 Å². The molecule has 0 unspecified atom stereocenters. The predicted molar refractivity (Wildman–Crippen MR) is 112 cm³/mol. The molecule has 6 nitrogen and oxygen atoms in total. The van der Waals surface area contributed by atoms with Crippen LogP contribution in [0, 0.1) is 6.92 Å². The monoisotopic (exact) mass is 384 g/mol. The molecule has 144 valence electrons. The van der Waals surface area contributed by atoms with Gasteiger partial charge in [0, 0.05) is 18.4 Å². The molecule has 2 aromatic carbocycles. The van der Waals surface area contributed by atoms with Crippen molar-refractivity contribution < 1.29 is 9.59 Å². The Hall–Kier alpha value is -3.93. The molecule has 0 fully saturated rings. The molecular formula is C23H20N4O2. The first kappa shape index (κ1) is 18.4. The van der Waals surface area contributed by atoms with Crippen molar-refractivity contribution in [2.75, 3.05) is 5.32 Å². The van der Waals surface area contributed by atoms with E-state index in [4.69, 9.17) is 0 Å². The van der Waals surface area contributed by atoms with Crippen molar-refractivity contribution in [3.8, 4) is 0 Å². The second-order valence-corrected chi connectivity index (χ2v) is 6.73. The number of aromatic nitrogens is 2. The lowest BCUT2D eigenvalue weighted by molar-refractivity contribution is 0.0940. The molecule has 0 aliphatic heterocycles. The summed E-state index contributed by atoms with van der Waals surface area (Å²) in [5, 5.41) is 5.72. The highest BCUT2D eigenvalue weighted by Crippen LogP contribution is 2.17. The van der Waals surface area contributed by atoms with E-state index in [1.807, 2.05) is 67.6 Å². The molecule has 2 aromatic heterocycles. The Labute approximate surface area is 168 Å². The molecule has 0 bridgehead atoms. The molecule has 0 saturated heterocycles. The van der Waals surface area contributed by atoms with Crippen molar-refractivity contribution in [2.45, 2.75) is 13.5 Å². The minimum absolute atomic E-state index is 0.172. The summed E-state index contributed by atoms with van der Waals surface area (Å²) in [6.07, 6.45) is 1.73. The van der Waals surface area contributed by atoms with Crippen molar-refractivity contribution in [1.82, 2.24) is 14.7 Å². The van der Waals surface area contributed by atoms with Gasteiger partial charge in [-0.05, 0) is 42.3 Å². The number of pyridine rings is 1. The van der Waals surface area contributed by atoms with E-state index in [9.17, 15) is 9.59 Å². The molecule has 4 rings (SSSR count). The van der Waals surface area contributed by atoms with Gasteiger partial charge in [0.1, 0.15) is 0 Å². The molecule has 0 aliphatic rings. The van der Waals surface area contributed by atoms with Gasteiger partial charge in [-0.2, -0.15) is 0 Å². The summed E-state index contributed by atoms with van der Waals surface area (Å²) in [7, 11) is 0. The molecule has 4 aromatic rings. The lowest BCUT2D eigenvalue weighted by Crippen LogP contribution is -2.25. The van der Waals surface area contributed by atoms with Gasteiger partial charge in [-0.1, -0.05) is 48.5 Å². The van der Waals surface area contributed by atoms with Crippen molar-refractivity contribution in [2.24, 2.45) is 0 Å². The Balaban J connectivity index is 1.61. The minimum atomic E-state index is -0.360. The van der Waals surface area contributed by atoms with Gasteiger partial charge in [-0.15, -0.1) is 0 Å². The first-order valence-corrected chi connectivity index (χ1v) is 9.29. The lowest BCUT2D eigenvalue weighted by Gasteiger charge is -2.04. The predicted octanol–water partition coefficient (Wildman–Crippen LogP) is 3.83. The van der Waals surface area contributed by atoms with E-state index in [2.05, 4.69) is 15.6 Å². The van der Waals surface area contributed by atoms with Gasteiger partial charge >= 0.3 is 0 Å². The summed E-state index contributed by atoms with van der Waals surface area (Å²) in [5.74, 6) is -0.531. The summed E-state index contributed by atoms with van der Waals surface area (Å²) >= 11 is 0. The summed E-state index contributed by atoms with van der Waals surface area (Å²) in [4.78, 5) is 29.9. The van der Waals surface area contributed by atoms with E-state index in [-0.39, 0.29) is 23.3 Å². The maximum atomic E-state index is 12.8. The van der Waals surface area contributed by atoms with Crippen molar-refractivity contribution in [3.05, 3.63) is 102 Å². The molecular weight excluding hydrogens is 364 g/mol. The highest BCUT2D eigenvalue weighted by Gasteiger charge is 2.21. The molecule has 2 amide bonds. The van der Waals surface area contributed by atoms with Crippen LogP contribution in [0.4, 0.5) is 5.69 Å². The fourth-order valence-electron chi connectivity index (χ4n) is 3.14. The van der Waals surface area contributed by atoms with Crippen LogP contribution >= 0.6 is 0 Å². The van der Waals surface area contributed by atoms with Crippen LogP contribution in [0.15, 0.2) is 79.0 Å². The van der Waals surface area contributed by atoms with Crippen molar-refractivity contribution >= 4 is 23.0 Å². The van der Waals surface area contributed by atoms with E-state index in [0.29, 0.717) is 17.7 Å². The third-order valence-electron chi connectivity index (χ3n) is 4.54. The standard InChI is InChI=1S/C23H20N4O2/c1-16-8-7-11-18(14-16)25-22(28)20-19-12-5-6-13-27(19)21(26-20)23(29)24-15-17-9-3-2-4-10-17/h2-14H,15H2,1H3,(H,24,29)(H,25,28). The summed E-state index contributed by atoms with van der Waals surface area (Å²) < 4.78 is 1.63. The van der Waals surface area contributed by atoms with E-state index >= 15 is 0 Å². The van der Waals surface area contributed by atoms with Crippen LogP contribution in [-0.2, 0) is 6.54 Å². The van der Waals surface area contributed by atoms with E-state index < -0.39 is 0 Å². The van der Waals surface area contributed by atoms with Gasteiger partial charge in [-0.3, -0.25) is 14.0 Å². The number of aryl methyl sites for hydroxylation is 1. The second kappa shape index (κ2) is 7.98. The number of rotatable bonds is 5. The third-order valence-corrected chi connectivity index (χ3v) is 4.54. The van der Waals surface area contributed by atoms with Crippen LogP contribution < -0.4 is 10.6 Å². The zero-order chi connectivity index (χ0) is 20.2. The van der Waals surface area contributed by atoms with Gasteiger partial charge in [-0.25, -0.2) is 4.98 Å². The third kappa shape index (κ3) is 4.01. The molecule has 2 N–H and O–H groups in total. The second-order valence-electron chi connectivity index (χ2n) is 6.73. The quantitative estimate of drug-likeness (QED) is 0.549. The SMILES string of the molecule is Cc1cccc(NC(=O)c2nc(C(=O)NCc3ccccc3)n3ccccc23)c1. The minimum Gasteiger partial charge on any atom is -0.345 e. The zero-order valence-corrected chi connectivity index (χ0v) is 15.9. The number of anilines is 1. The Morgan fingerprint density at radius 3 is 2.52 bits per heavy atom. The molecule has 0 radical (unpaired) electrons. The molecule has 0 saturated carbocycles. The molecule has 29 heavy (non-hydrogen) atoms. The Morgan fingerprint density at radius 1 is 0.931 bits per heavy atom. The Kier molecular flexibility index (Phi) is 5.07. The first-order chi connectivity index (χ1) is 14.1. The number of benzene rings is 2. The molecule has 0 aliphatic carbocycles. The Morgan fingerprint density at radius 2 is 1.72 bits per heavy atom. The first-order valence-electron chi connectivity index (χ1n) is 9.29. The average Bonchev–Trinajstić information content (AvgIpc) is 3.13. The van der Waals surface area contributed by atoms with Crippen LogP contribution in [0.25, 0.3) is 5.52 Å². The van der Waals surface area contributed by atoms with Gasteiger partial charge in [0.2, 0.25) is 5.82 Å². The largest absolute Gasteiger partial charge is 0.345 e. The normalized spacial score (nSPS) is 10.7. The molecule has 0 atom stereocenters. The molecule has 0 spiro atoms. The number of carbonyl (C=O) groups excluding carboxylic acids is 2. The number of imidazole rings is 1. The highest BCUT2D eigenvalue weighted by molar-refractivity contribution is 6.09. The number of carbonyl (C=O) groups is 2. The number of fused-ring (bicyclic) bond motifs is 1. The summed E-state index contributed by atoms with van der Waals surface area (Å²) in [6.45, 7) is 2.34. The van der Waals surface area contributed by atoms with Crippen molar-refractivity contribution in [3.63, 3.8) is 0 Å². The topological polar surface area (TPSA) is 75.5 Å². The number of nitrogens with zero attached hydrogens (tertiary/aromatic N) is 2. The molecule has 6 heteroatoms. The number of hydrogen-bond acceptors (Lipinski definition) is 3. The smallest absolute Gasteiger partial charge is 0.287 e. The Bertz CT molecular complexity index is 1180. The summed E-state index contributed by atoms with van der Waals surface area (Å²) in [5.41, 5.74) is 3.49. The maximum Gasteiger partial charge on any atom is 0.287 e. The lowest BCUT2D eigenvalue weighted by atomic mass is 10.2. The van der Waals surface area contributed by atoms with Crippen LogP contribution in [0.2, 0.25) is 0 Å². The van der Waals surface area contributed by atoms with Gasteiger partial charge < -0.3 is 10.6 Å². The van der Waals surface area contributed by atoms with Crippen LogP contribution in [0.1, 0.15) is 32.2 Å². The fourth-order valence-corrected chi connectivity index (χ4v) is 3.14. The number of hydrogen-bond donors (Lipinski definition) is 2. The van der Waals surface area contributed by atoms with Crippen molar-refractivity contribution in [1.29, 1.82) is 0 Å². The van der Waals surface area contributed by atoms with Gasteiger partial charge in [0.25, 0.3) is 11.8 Å². The molecule has 2 heterocycles. The van der Waals surface area contributed by atoms with Gasteiger partial charge in [0.15, 0.2) is 5.69 Å². The average molecular weight is 384 g/mol. The van der Waals surface area contributed by atoms with E-state index in [1.54, 1.807) is 22.7 Å².